The Kier molecular flexibility index (Phi) is 5.15. The van der Waals surface area contributed by atoms with Crippen LogP contribution in [0.5, 0.6) is 0 Å². The average molecular weight is 310 g/mol. The van der Waals surface area contributed by atoms with Crippen LogP contribution >= 0.6 is 22.9 Å². The van der Waals surface area contributed by atoms with Crippen LogP contribution in [-0.4, -0.2) is 16.1 Å². The minimum Gasteiger partial charge on any atom is -0.477 e. The Bertz CT molecular complexity index is 592. The van der Waals surface area contributed by atoms with Gasteiger partial charge in [0.1, 0.15) is 4.88 Å². The van der Waals surface area contributed by atoms with E-state index in [4.69, 9.17) is 11.6 Å². The number of hydrogen-bond acceptors (Lipinski definition) is 3. The van der Waals surface area contributed by atoms with Crippen LogP contribution in [0.3, 0.4) is 0 Å². The van der Waals surface area contributed by atoms with Gasteiger partial charge in [0.15, 0.2) is 0 Å². The number of halogens is 1. The zero-order valence-corrected chi connectivity index (χ0v) is 12.8. The summed E-state index contributed by atoms with van der Waals surface area (Å²) < 4.78 is 0. The van der Waals surface area contributed by atoms with Crippen molar-refractivity contribution in [2.75, 3.05) is 0 Å². The number of carboxylic acids is 1. The lowest BCUT2D eigenvalue weighted by Gasteiger charge is -1.98. The minimum atomic E-state index is -0.879. The molecule has 0 fully saturated rings. The molecular formula is C15H16ClNO2S. The van der Waals surface area contributed by atoms with Crippen molar-refractivity contribution in [2.24, 2.45) is 0 Å². The third-order valence-corrected chi connectivity index (χ3v) is 4.31. The number of carboxylic acid groups (broad SMARTS) is 1. The first-order valence-electron chi connectivity index (χ1n) is 6.56. The number of aromatic carboxylic acids is 1. The Morgan fingerprint density at radius 2 is 2.05 bits per heavy atom. The molecule has 20 heavy (non-hydrogen) atoms. The number of thiazole rings is 1. The molecule has 3 nitrogen and oxygen atoms in total. The maximum atomic E-state index is 11.2. The van der Waals surface area contributed by atoms with Crippen molar-refractivity contribution in [3.05, 3.63) is 50.4 Å². The SMILES string of the molecule is CCCCc1nc(Cc2ccc(Cl)cc2)sc1C(=O)O. The van der Waals surface area contributed by atoms with Crippen molar-refractivity contribution < 1.29 is 9.90 Å². The summed E-state index contributed by atoms with van der Waals surface area (Å²) >= 11 is 7.13. The second-order valence-corrected chi connectivity index (χ2v) is 6.12. The van der Waals surface area contributed by atoms with Crippen molar-refractivity contribution in [2.45, 2.75) is 32.6 Å². The number of benzene rings is 1. The molecule has 0 amide bonds. The Balaban J connectivity index is 2.19. The number of hydrogen-bond donors (Lipinski definition) is 1. The van der Waals surface area contributed by atoms with E-state index in [1.54, 1.807) is 0 Å². The molecule has 0 aliphatic rings. The number of aryl methyl sites for hydroxylation is 1. The van der Waals surface area contributed by atoms with Gasteiger partial charge in [-0.3, -0.25) is 0 Å². The number of carbonyl (C=O) groups is 1. The van der Waals surface area contributed by atoms with Gasteiger partial charge < -0.3 is 5.11 Å². The number of aromatic nitrogens is 1. The molecule has 2 aromatic rings. The quantitative estimate of drug-likeness (QED) is 0.859. The maximum absolute atomic E-state index is 11.2. The van der Waals surface area contributed by atoms with Crippen molar-refractivity contribution in [3.8, 4) is 0 Å². The van der Waals surface area contributed by atoms with Crippen LogP contribution < -0.4 is 0 Å². The summed E-state index contributed by atoms with van der Waals surface area (Å²) in [7, 11) is 0. The average Bonchev–Trinajstić information content (AvgIpc) is 2.82. The van der Waals surface area contributed by atoms with Crippen LogP contribution in [0.4, 0.5) is 0 Å². The normalized spacial score (nSPS) is 10.7. The highest BCUT2D eigenvalue weighted by molar-refractivity contribution is 7.13. The largest absolute Gasteiger partial charge is 0.477 e. The lowest BCUT2D eigenvalue weighted by atomic mass is 10.1. The fourth-order valence-corrected chi connectivity index (χ4v) is 3.04. The molecule has 0 radical (unpaired) electrons. The van der Waals surface area contributed by atoms with Crippen LogP contribution in [0.25, 0.3) is 0 Å². The molecule has 106 valence electrons. The molecule has 1 heterocycles. The standard InChI is InChI=1S/C15H16ClNO2S/c1-2-3-4-12-14(15(18)19)20-13(17-12)9-10-5-7-11(16)8-6-10/h5-8H,2-4,9H2,1H3,(H,18,19). The van der Waals surface area contributed by atoms with Crippen LogP contribution in [0.1, 0.15) is 45.7 Å². The van der Waals surface area contributed by atoms with Crippen LogP contribution in [0.15, 0.2) is 24.3 Å². The van der Waals surface area contributed by atoms with Crippen LogP contribution in [0.2, 0.25) is 5.02 Å². The van der Waals surface area contributed by atoms with Gasteiger partial charge in [-0.2, -0.15) is 0 Å². The zero-order valence-electron chi connectivity index (χ0n) is 11.2. The molecule has 0 spiro atoms. The lowest BCUT2D eigenvalue weighted by Crippen LogP contribution is -1.98. The maximum Gasteiger partial charge on any atom is 0.347 e. The van der Waals surface area contributed by atoms with Crippen molar-refractivity contribution in [1.29, 1.82) is 0 Å². The Morgan fingerprint density at radius 1 is 1.35 bits per heavy atom. The van der Waals surface area contributed by atoms with Gasteiger partial charge >= 0.3 is 5.97 Å². The van der Waals surface area contributed by atoms with Crippen molar-refractivity contribution >= 4 is 28.9 Å². The van der Waals surface area contributed by atoms with Gasteiger partial charge in [0.2, 0.25) is 0 Å². The molecule has 0 aliphatic carbocycles. The summed E-state index contributed by atoms with van der Waals surface area (Å²) in [6.45, 7) is 2.08. The molecule has 1 N–H and O–H groups in total. The molecule has 0 saturated heterocycles. The van der Waals surface area contributed by atoms with Crippen molar-refractivity contribution in [1.82, 2.24) is 4.98 Å². The van der Waals surface area contributed by atoms with E-state index in [1.165, 1.54) is 11.3 Å². The fraction of sp³-hybridized carbons (Fsp3) is 0.333. The smallest absolute Gasteiger partial charge is 0.347 e. The summed E-state index contributed by atoms with van der Waals surface area (Å²) in [4.78, 5) is 16.1. The predicted octanol–water partition coefficient (Wildman–Crippen LogP) is 4.43. The second-order valence-electron chi connectivity index (χ2n) is 4.60. The van der Waals surface area contributed by atoms with E-state index < -0.39 is 5.97 Å². The Morgan fingerprint density at radius 3 is 2.65 bits per heavy atom. The van der Waals surface area contributed by atoms with E-state index in [0.29, 0.717) is 22.0 Å². The fourth-order valence-electron chi connectivity index (χ4n) is 1.93. The molecule has 0 aliphatic heterocycles. The molecule has 0 atom stereocenters. The predicted molar refractivity (Wildman–Crippen MR) is 81.9 cm³/mol. The van der Waals surface area contributed by atoms with Gasteiger partial charge in [-0.05, 0) is 30.5 Å². The van der Waals surface area contributed by atoms with Gasteiger partial charge in [-0.1, -0.05) is 37.1 Å². The van der Waals surface area contributed by atoms with E-state index in [9.17, 15) is 9.90 Å². The summed E-state index contributed by atoms with van der Waals surface area (Å²) in [5.41, 5.74) is 1.80. The lowest BCUT2D eigenvalue weighted by molar-refractivity contribution is 0.0700. The molecule has 1 aromatic heterocycles. The Hall–Kier alpha value is -1.39. The van der Waals surface area contributed by atoms with Gasteiger partial charge in [-0.25, -0.2) is 9.78 Å². The van der Waals surface area contributed by atoms with Gasteiger partial charge in [0.05, 0.1) is 10.7 Å². The van der Waals surface area contributed by atoms with Crippen LogP contribution in [0, 0.1) is 0 Å². The molecule has 1 aromatic carbocycles. The van der Waals surface area contributed by atoms with Gasteiger partial charge in [-0.15, -0.1) is 11.3 Å². The van der Waals surface area contributed by atoms with Crippen LogP contribution in [-0.2, 0) is 12.8 Å². The van der Waals surface area contributed by atoms with Gasteiger partial charge in [0, 0.05) is 11.4 Å². The highest BCUT2D eigenvalue weighted by Gasteiger charge is 2.16. The second kappa shape index (κ2) is 6.86. The first-order chi connectivity index (χ1) is 9.60. The Labute approximate surface area is 127 Å². The summed E-state index contributed by atoms with van der Waals surface area (Å²) in [5.74, 6) is -0.879. The highest BCUT2D eigenvalue weighted by Crippen LogP contribution is 2.23. The topological polar surface area (TPSA) is 50.2 Å². The summed E-state index contributed by atoms with van der Waals surface area (Å²) in [5, 5.41) is 10.8. The van der Waals surface area contributed by atoms with E-state index >= 15 is 0 Å². The van der Waals surface area contributed by atoms with Gasteiger partial charge in [0.25, 0.3) is 0 Å². The molecule has 0 bridgehead atoms. The molecular weight excluding hydrogens is 294 g/mol. The molecule has 0 saturated carbocycles. The first-order valence-corrected chi connectivity index (χ1v) is 7.76. The van der Waals surface area contributed by atoms with E-state index in [0.717, 1.165) is 29.8 Å². The third-order valence-electron chi connectivity index (χ3n) is 2.97. The third kappa shape index (κ3) is 3.81. The first kappa shape index (κ1) is 15.0. The number of nitrogens with zero attached hydrogens (tertiary/aromatic N) is 1. The summed E-state index contributed by atoms with van der Waals surface area (Å²) in [6.07, 6.45) is 3.37. The van der Waals surface area contributed by atoms with E-state index in [2.05, 4.69) is 11.9 Å². The molecule has 5 heteroatoms. The summed E-state index contributed by atoms with van der Waals surface area (Å²) in [6, 6.07) is 7.55. The zero-order chi connectivity index (χ0) is 14.5. The van der Waals surface area contributed by atoms with Crippen molar-refractivity contribution in [3.63, 3.8) is 0 Å². The van der Waals surface area contributed by atoms with E-state index in [-0.39, 0.29) is 0 Å². The number of unbranched alkanes of at least 4 members (excludes halogenated alkanes) is 1. The minimum absolute atomic E-state index is 0.377. The monoisotopic (exact) mass is 309 g/mol. The van der Waals surface area contributed by atoms with E-state index in [1.807, 2.05) is 24.3 Å². The number of rotatable bonds is 6. The molecule has 0 unspecified atom stereocenters. The molecule has 2 rings (SSSR count). The highest BCUT2D eigenvalue weighted by atomic mass is 35.5.